The van der Waals surface area contributed by atoms with Gasteiger partial charge in [0.2, 0.25) is 0 Å². The largest absolute Gasteiger partial charge is 0.385 e. The van der Waals surface area contributed by atoms with Gasteiger partial charge in [0.25, 0.3) is 0 Å². The molecular weight excluding hydrogens is 298 g/mol. The topological polar surface area (TPSA) is 31.2 Å². The standard InChI is InChI=1S/C18H18ClNO2/c1-12-4-6-16-14(10-12)18(21)15-11-13(19)5-7-17(15)20(16)8-3-9-22-2/h4-7,10-11H,3,8-9H2,1-2H3. The van der Waals surface area contributed by atoms with Gasteiger partial charge >= 0.3 is 0 Å². The van der Waals surface area contributed by atoms with Crippen molar-refractivity contribution in [3.8, 4) is 0 Å². The third-order valence-electron chi connectivity index (χ3n) is 3.91. The molecule has 0 saturated heterocycles. The lowest BCUT2D eigenvalue weighted by molar-refractivity contribution is 0.191. The molecule has 0 unspecified atom stereocenters. The molecular formula is C18H18ClNO2. The predicted octanol–water partition coefficient (Wildman–Crippen LogP) is 4.15. The quantitative estimate of drug-likeness (QED) is 0.535. The molecule has 0 bridgehead atoms. The highest BCUT2D eigenvalue weighted by atomic mass is 35.5. The fourth-order valence-electron chi connectivity index (χ4n) is 2.88. The molecule has 0 N–H and O–H groups in total. The molecule has 3 aromatic rings. The van der Waals surface area contributed by atoms with E-state index in [9.17, 15) is 4.79 Å². The lowest BCUT2D eigenvalue weighted by Gasteiger charge is -2.15. The molecule has 4 heteroatoms. The average Bonchev–Trinajstić information content (AvgIpc) is 2.51. The van der Waals surface area contributed by atoms with Gasteiger partial charge < -0.3 is 9.30 Å². The van der Waals surface area contributed by atoms with E-state index in [1.807, 2.05) is 37.3 Å². The minimum atomic E-state index is 0.0409. The van der Waals surface area contributed by atoms with E-state index in [4.69, 9.17) is 16.3 Å². The molecule has 0 fully saturated rings. The Morgan fingerprint density at radius 1 is 1.09 bits per heavy atom. The van der Waals surface area contributed by atoms with Gasteiger partial charge in [-0.2, -0.15) is 0 Å². The minimum absolute atomic E-state index is 0.0409. The monoisotopic (exact) mass is 315 g/mol. The number of fused-ring (bicyclic) bond motifs is 2. The second kappa shape index (κ2) is 6.11. The molecule has 0 aliphatic carbocycles. The van der Waals surface area contributed by atoms with Crippen molar-refractivity contribution < 1.29 is 4.74 Å². The summed E-state index contributed by atoms with van der Waals surface area (Å²) in [6.45, 7) is 3.48. The molecule has 0 saturated carbocycles. The van der Waals surface area contributed by atoms with Crippen LogP contribution in [0.2, 0.25) is 5.02 Å². The summed E-state index contributed by atoms with van der Waals surface area (Å²) in [6.07, 6.45) is 0.889. The van der Waals surface area contributed by atoms with E-state index >= 15 is 0 Å². The Hall–Kier alpha value is -1.84. The van der Waals surface area contributed by atoms with Gasteiger partial charge in [0, 0.05) is 36.1 Å². The van der Waals surface area contributed by atoms with Crippen molar-refractivity contribution >= 4 is 33.4 Å². The normalized spacial score (nSPS) is 11.4. The first-order valence-electron chi connectivity index (χ1n) is 7.33. The molecule has 0 aliphatic rings. The molecule has 22 heavy (non-hydrogen) atoms. The Morgan fingerprint density at radius 3 is 2.50 bits per heavy atom. The van der Waals surface area contributed by atoms with Gasteiger partial charge in [-0.05, 0) is 43.7 Å². The molecule has 0 amide bonds. The van der Waals surface area contributed by atoms with Gasteiger partial charge in [0.05, 0.1) is 11.0 Å². The van der Waals surface area contributed by atoms with E-state index in [0.29, 0.717) is 17.0 Å². The highest BCUT2D eigenvalue weighted by Gasteiger charge is 2.11. The maximum Gasteiger partial charge on any atom is 0.197 e. The number of methoxy groups -OCH3 is 1. The Kier molecular flexibility index (Phi) is 4.19. The smallest absolute Gasteiger partial charge is 0.197 e. The zero-order valence-electron chi connectivity index (χ0n) is 12.7. The molecule has 0 atom stereocenters. The van der Waals surface area contributed by atoms with Gasteiger partial charge in [-0.1, -0.05) is 23.2 Å². The van der Waals surface area contributed by atoms with E-state index < -0.39 is 0 Å². The van der Waals surface area contributed by atoms with Gasteiger partial charge in [-0.25, -0.2) is 0 Å². The predicted molar refractivity (Wildman–Crippen MR) is 92.0 cm³/mol. The SMILES string of the molecule is COCCCn1c2ccc(C)cc2c(=O)c2cc(Cl)ccc21. The van der Waals surface area contributed by atoms with E-state index in [1.54, 1.807) is 13.2 Å². The Balaban J connectivity index is 2.36. The van der Waals surface area contributed by atoms with Crippen LogP contribution < -0.4 is 5.43 Å². The first-order chi connectivity index (χ1) is 10.6. The summed E-state index contributed by atoms with van der Waals surface area (Å²) in [4.78, 5) is 12.8. The maximum atomic E-state index is 12.8. The Morgan fingerprint density at radius 2 is 1.77 bits per heavy atom. The van der Waals surface area contributed by atoms with Crippen molar-refractivity contribution in [3.05, 3.63) is 57.2 Å². The molecule has 1 heterocycles. The van der Waals surface area contributed by atoms with Crippen LogP contribution >= 0.6 is 11.6 Å². The number of nitrogens with zero attached hydrogens (tertiary/aromatic N) is 1. The van der Waals surface area contributed by atoms with Crippen LogP contribution in [-0.2, 0) is 11.3 Å². The molecule has 3 nitrogen and oxygen atoms in total. The zero-order chi connectivity index (χ0) is 15.7. The number of pyridine rings is 1. The third kappa shape index (κ3) is 2.62. The highest BCUT2D eigenvalue weighted by Crippen LogP contribution is 2.23. The van der Waals surface area contributed by atoms with E-state index in [-0.39, 0.29) is 5.43 Å². The van der Waals surface area contributed by atoms with Crippen LogP contribution in [-0.4, -0.2) is 18.3 Å². The van der Waals surface area contributed by atoms with Crippen molar-refractivity contribution in [2.45, 2.75) is 19.9 Å². The molecule has 2 aromatic carbocycles. The minimum Gasteiger partial charge on any atom is -0.385 e. The van der Waals surface area contributed by atoms with Gasteiger partial charge in [0.15, 0.2) is 5.43 Å². The van der Waals surface area contributed by atoms with Crippen molar-refractivity contribution in [1.82, 2.24) is 4.57 Å². The second-order valence-corrected chi connectivity index (χ2v) is 5.95. The number of hydrogen-bond donors (Lipinski definition) is 0. The number of rotatable bonds is 4. The molecule has 0 aliphatic heterocycles. The number of halogens is 1. The van der Waals surface area contributed by atoms with Crippen LogP contribution in [0.1, 0.15) is 12.0 Å². The average molecular weight is 316 g/mol. The Labute approximate surface area is 134 Å². The first kappa shape index (κ1) is 15.1. The fourth-order valence-corrected chi connectivity index (χ4v) is 3.05. The van der Waals surface area contributed by atoms with Crippen LogP contribution in [0.15, 0.2) is 41.2 Å². The summed E-state index contributed by atoms with van der Waals surface area (Å²) < 4.78 is 7.33. The lowest BCUT2D eigenvalue weighted by atomic mass is 10.1. The van der Waals surface area contributed by atoms with E-state index in [1.165, 1.54) is 0 Å². The van der Waals surface area contributed by atoms with Crippen LogP contribution in [0.4, 0.5) is 0 Å². The summed E-state index contributed by atoms with van der Waals surface area (Å²) in [7, 11) is 1.70. The van der Waals surface area contributed by atoms with E-state index in [2.05, 4.69) is 4.57 Å². The fraction of sp³-hybridized carbons (Fsp3) is 0.278. The van der Waals surface area contributed by atoms with Gasteiger partial charge in [-0.3, -0.25) is 4.79 Å². The second-order valence-electron chi connectivity index (χ2n) is 5.51. The summed E-state index contributed by atoms with van der Waals surface area (Å²) in [5.74, 6) is 0. The molecule has 3 rings (SSSR count). The van der Waals surface area contributed by atoms with Gasteiger partial charge in [-0.15, -0.1) is 0 Å². The summed E-state index contributed by atoms with van der Waals surface area (Å²) in [5, 5.41) is 2.00. The summed E-state index contributed by atoms with van der Waals surface area (Å²) in [5.41, 5.74) is 3.00. The van der Waals surface area contributed by atoms with Gasteiger partial charge in [0.1, 0.15) is 0 Å². The van der Waals surface area contributed by atoms with Crippen molar-refractivity contribution in [2.75, 3.05) is 13.7 Å². The number of aryl methyl sites for hydroxylation is 2. The van der Waals surface area contributed by atoms with Crippen molar-refractivity contribution in [1.29, 1.82) is 0 Å². The van der Waals surface area contributed by atoms with E-state index in [0.717, 1.165) is 34.9 Å². The molecule has 0 spiro atoms. The number of aromatic nitrogens is 1. The molecule has 114 valence electrons. The van der Waals surface area contributed by atoms with Crippen molar-refractivity contribution in [3.63, 3.8) is 0 Å². The van der Waals surface area contributed by atoms with Crippen molar-refractivity contribution in [2.24, 2.45) is 0 Å². The number of benzene rings is 2. The zero-order valence-corrected chi connectivity index (χ0v) is 13.5. The number of ether oxygens (including phenoxy) is 1. The van der Waals surface area contributed by atoms with Crippen LogP contribution in [0, 0.1) is 6.92 Å². The third-order valence-corrected chi connectivity index (χ3v) is 4.15. The highest BCUT2D eigenvalue weighted by molar-refractivity contribution is 6.31. The number of hydrogen-bond acceptors (Lipinski definition) is 2. The lowest BCUT2D eigenvalue weighted by Crippen LogP contribution is -2.12. The Bertz CT molecular complexity index is 833. The molecule has 1 aromatic heterocycles. The van der Waals surface area contributed by atoms with Crippen LogP contribution in [0.25, 0.3) is 21.8 Å². The van der Waals surface area contributed by atoms with Crippen LogP contribution in [0.3, 0.4) is 0 Å². The summed E-state index contributed by atoms with van der Waals surface area (Å²) in [6, 6.07) is 11.5. The summed E-state index contributed by atoms with van der Waals surface area (Å²) >= 11 is 6.08. The first-order valence-corrected chi connectivity index (χ1v) is 7.71. The molecule has 0 radical (unpaired) electrons. The van der Waals surface area contributed by atoms with Crippen LogP contribution in [0.5, 0.6) is 0 Å². The maximum absolute atomic E-state index is 12.8.